The Balaban J connectivity index is 2.30. The van der Waals surface area contributed by atoms with Gasteiger partial charge >= 0.3 is 0 Å². The lowest BCUT2D eigenvalue weighted by molar-refractivity contribution is 0.100. The van der Waals surface area contributed by atoms with Crippen LogP contribution >= 0.6 is 11.3 Å². The number of nitrogens with zero attached hydrogens (tertiary/aromatic N) is 1. The van der Waals surface area contributed by atoms with Crippen LogP contribution in [0.3, 0.4) is 0 Å². The van der Waals surface area contributed by atoms with Crippen LogP contribution in [0.2, 0.25) is 0 Å². The Kier molecular flexibility index (Phi) is 3.31. The van der Waals surface area contributed by atoms with E-state index in [1.165, 1.54) is 0 Å². The molecule has 1 amide bonds. The number of rotatable bonds is 3. The molecule has 0 saturated heterocycles. The topological polar surface area (TPSA) is 56.0 Å². The molecule has 0 aliphatic carbocycles. The summed E-state index contributed by atoms with van der Waals surface area (Å²) in [7, 11) is 0. The minimum absolute atomic E-state index is 0.427. The highest BCUT2D eigenvalue weighted by molar-refractivity contribution is 7.08. The van der Waals surface area contributed by atoms with Crippen molar-refractivity contribution in [2.45, 2.75) is 0 Å². The van der Waals surface area contributed by atoms with Crippen LogP contribution in [0.5, 0.6) is 0 Å². The molecule has 3 aromatic rings. The van der Waals surface area contributed by atoms with Gasteiger partial charge in [-0.05, 0) is 40.6 Å². The molecule has 0 aliphatic heterocycles. The maximum Gasteiger partial charge on any atom is 0.249 e. The Bertz CT molecular complexity index is 736. The molecule has 3 rings (SSSR count). The first kappa shape index (κ1) is 12.6. The zero-order valence-electron chi connectivity index (χ0n) is 10.6. The smallest absolute Gasteiger partial charge is 0.249 e. The van der Waals surface area contributed by atoms with Gasteiger partial charge in [0.1, 0.15) is 0 Å². The molecule has 2 heterocycles. The Morgan fingerprint density at radius 2 is 2.00 bits per heavy atom. The van der Waals surface area contributed by atoms with E-state index < -0.39 is 5.91 Å². The lowest BCUT2D eigenvalue weighted by Crippen LogP contribution is -2.12. The second-order valence-electron chi connectivity index (χ2n) is 4.32. The highest BCUT2D eigenvalue weighted by atomic mass is 32.1. The van der Waals surface area contributed by atoms with Crippen molar-refractivity contribution in [2.75, 3.05) is 0 Å². The van der Waals surface area contributed by atoms with Crippen LogP contribution in [0.15, 0.2) is 59.4 Å². The van der Waals surface area contributed by atoms with Crippen molar-refractivity contribution in [3.05, 3.63) is 65.0 Å². The van der Waals surface area contributed by atoms with Gasteiger partial charge in [0.15, 0.2) is 0 Å². The zero-order chi connectivity index (χ0) is 13.9. The molecule has 2 N–H and O–H groups in total. The van der Waals surface area contributed by atoms with E-state index in [1.807, 2.05) is 47.2 Å². The number of amides is 1. The first-order chi connectivity index (χ1) is 9.77. The molecule has 0 radical (unpaired) electrons. The van der Waals surface area contributed by atoms with Crippen LogP contribution in [0, 0.1) is 0 Å². The fraction of sp³-hybridized carbons (Fsp3) is 0. The Hall–Kier alpha value is -2.46. The maximum absolute atomic E-state index is 11.7. The third-order valence-electron chi connectivity index (χ3n) is 3.08. The predicted octanol–water partition coefficient (Wildman–Crippen LogP) is 3.58. The molecular formula is C16H12N2OS. The summed E-state index contributed by atoms with van der Waals surface area (Å²) in [6, 6.07) is 13.3. The molecule has 0 aliphatic rings. The molecule has 20 heavy (non-hydrogen) atoms. The van der Waals surface area contributed by atoms with Gasteiger partial charge in [-0.2, -0.15) is 11.3 Å². The largest absolute Gasteiger partial charge is 0.366 e. The van der Waals surface area contributed by atoms with Gasteiger partial charge in [0.25, 0.3) is 0 Å². The summed E-state index contributed by atoms with van der Waals surface area (Å²) in [6.07, 6.45) is 1.74. The number of aromatic nitrogens is 1. The zero-order valence-corrected chi connectivity index (χ0v) is 11.4. The quantitative estimate of drug-likeness (QED) is 0.797. The van der Waals surface area contributed by atoms with E-state index in [-0.39, 0.29) is 0 Å². The first-order valence-electron chi connectivity index (χ1n) is 6.14. The first-order valence-corrected chi connectivity index (χ1v) is 7.08. The van der Waals surface area contributed by atoms with E-state index in [2.05, 4.69) is 4.98 Å². The van der Waals surface area contributed by atoms with E-state index in [9.17, 15) is 4.79 Å². The van der Waals surface area contributed by atoms with Crippen LogP contribution in [0.25, 0.3) is 22.4 Å². The average molecular weight is 280 g/mol. The minimum atomic E-state index is -0.427. The van der Waals surface area contributed by atoms with E-state index in [4.69, 9.17) is 5.73 Å². The van der Waals surface area contributed by atoms with E-state index in [0.29, 0.717) is 5.56 Å². The summed E-state index contributed by atoms with van der Waals surface area (Å²) in [6.45, 7) is 0. The summed E-state index contributed by atoms with van der Waals surface area (Å²) in [5.74, 6) is -0.427. The number of thiophene rings is 1. The number of benzene rings is 1. The fourth-order valence-electron chi connectivity index (χ4n) is 2.21. The molecule has 4 heteroatoms. The number of carbonyl (C=O) groups excluding carboxylic acids is 1. The van der Waals surface area contributed by atoms with Gasteiger partial charge in [0.05, 0.1) is 5.69 Å². The molecule has 0 fully saturated rings. The molecule has 0 bridgehead atoms. The van der Waals surface area contributed by atoms with Gasteiger partial charge < -0.3 is 5.73 Å². The third kappa shape index (κ3) is 2.21. The summed E-state index contributed by atoms with van der Waals surface area (Å²) < 4.78 is 0. The number of nitrogens with two attached hydrogens (primary N) is 1. The number of hydrogen-bond donors (Lipinski definition) is 1. The van der Waals surface area contributed by atoms with Gasteiger partial charge in [-0.15, -0.1) is 0 Å². The van der Waals surface area contributed by atoms with Crippen molar-refractivity contribution in [2.24, 2.45) is 5.73 Å². The normalized spacial score (nSPS) is 10.4. The van der Waals surface area contributed by atoms with Crippen LogP contribution < -0.4 is 5.73 Å². The Labute approximate surface area is 120 Å². The Morgan fingerprint density at radius 3 is 2.65 bits per heavy atom. The van der Waals surface area contributed by atoms with Crippen LogP contribution in [0.4, 0.5) is 0 Å². The van der Waals surface area contributed by atoms with Crippen molar-refractivity contribution >= 4 is 17.2 Å². The Morgan fingerprint density at radius 1 is 1.10 bits per heavy atom. The van der Waals surface area contributed by atoms with Gasteiger partial charge in [-0.25, -0.2) is 0 Å². The third-order valence-corrected chi connectivity index (χ3v) is 3.76. The summed E-state index contributed by atoms with van der Waals surface area (Å²) >= 11 is 1.59. The molecular weight excluding hydrogens is 268 g/mol. The fourth-order valence-corrected chi connectivity index (χ4v) is 2.86. The molecule has 0 spiro atoms. The van der Waals surface area contributed by atoms with E-state index in [0.717, 1.165) is 22.4 Å². The van der Waals surface area contributed by atoms with Gasteiger partial charge in [0.2, 0.25) is 5.91 Å². The van der Waals surface area contributed by atoms with Crippen molar-refractivity contribution in [3.63, 3.8) is 0 Å². The van der Waals surface area contributed by atoms with Gasteiger partial charge in [-0.3, -0.25) is 9.78 Å². The molecule has 3 nitrogen and oxygen atoms in total. The molecule has 1 aromatic carbocycles. The van der Waals surface area contributed by atoms with Crippen LogP contribution in [-0.2, 0) is 0 Å². The second-order valence-corrected chi connectivity index (χ2v) is 5.10. The number of primary amides is 1. The summed E-state index contributed by atoms with van der Waals surface area (Å²) in [5, 5.41) is 3.99. The van der Waals surface area contributed by atoms with Crippen molar-refractivity contribution < 1.29 is 4.79 Å². The van der Waals surface area contributed by atoms with E-state index in [1.54, 1.807) is 23.6 Å². The standard InChI is InChI=1S/C16H12N2OS/c17-16(19)13-5-3-4-12(14-6-1-2-8-18-14)15(13)11-7-9-20-10-11/h1-10H,(H2,17,19). The minimum Gasteiger partial charge on any atom is -0.366 e. The molecule has 98 valence electrons. The number of carbonyl (C=O) groups is 1. The average Bonchev–Trinajstić information content (AvgIpc) is 3.01. The molecule has 0 atom stereocenters. The highest BCUT2D eigenvalue weighted by Crippen LogP contribution is 2.35. The predicted molar refractivity (Wildman–Crippen MR) is 81.5 cm³/mol. The van der Waals surface area contributed by atoms with Gasteiger partial charge in [-0.1, -0.05) is 18.2 Å². The summed E-state index contributed by atoms with van der Waals surface area (Å²) in [4.78, 5) is 16.1. The number of pyridine rings is 1. The van der Waals surface area contributed by atoms with E-state index >= 15 is 0 Å². The lowest BCUT2D eigenvalue weighted by Gasteiger charge is -2.11. The van der Waals surface area contributed by atoms with Crippen LogP contribution in [-0.4, -0.2) is 10.9 Å². The monoisotopic (exact) mass is 280 g/mol. The highest BCUT2D eigenvalue weighted by Gasteiger charge is 2.16. The number of hydrogen-bond acceptors (Lipinski definition) is 3. The summed E-state index contributed by atoms with van der Waals surface area (Å²) in [5.41, 5.74) is 9.62. The second kappa shape index (κ2) is 5.27. The SMILES string of the molecule is NC(=O)c1cccc(-c2ccccn2)c1-c1ccsc1. The van der Waals surface area contributed by atoms with Gasteiger partial charge in [0, 0.05) is 22.9 Å². The maximum atomic E-state index is 11.7. The van der Waals surface area contributed by atoms with Crippen molar-refractivity contribution in [3.8, 4) is 22.4 Å². The molecule has 2 aromatic heterocycles. The lowest BCUT2D eigenvalue weighted by atomic mass is 9.94. The van der Waals surface area contributed by atoms with Crippen molar-refractivity contribution in [1.82, 2.24) is 4.98 Å². The van der Waals surface area contributed by atoms with Crippen LogP contribution in [0.1, 0.15) is 10.4 Å². The van der Waals surface area contributed by atoms with Crippen molar-refractivity contribution in [1.29, 1.82) is 0 Å². The molecule has 0 saturated carbocycles. The molecule has 0 unspecified atom stereocenters.